The molecule has 2 atom stereocenters. The molecule has 3 rings (SSSR count). The first-order chi connectivity index (χ1) is 13.8. The molecule has 8 nitrogen and oxygen atoms in total. The summed E-state index contributed by atoms with van der Waals surface area (Å²) in [6.45, 7) is 1.43. The third-order valence-corrected chi connectivity index (χ3v) is 4.82. The van der Waals surface area contributed by atoms with Gasteiger partial charge >= 0.3 is 5.63 Å². The minimum atomic E-state index is -1.16. The van der Waals surface area contributed by atoms with Crippen LogP contribution in [0.1, 0.15) is 17.3 Å². The molecule has 152 valence electrons. The number of aliphatic hydroxyl groups is 1. The normalized spacial score (nSPS) is 13.1. The number of methoxy groups -OCH3 is 1. The highest BCUT2D eigenvalue weighted by Crippen LogP contribution is 2.38. The minimum Gasteiger partial charge on any atom is -0.496 e. The number of fused-ring (bicyclic) bond motifs is 1. The number of carbonyl (C=O) groups is 1. The molecule has 0 radical (unpaired) electrons. The first kappa shape index (κ1) is 20.4. The van der Waals surface area contributed by atoms with Crippen LogP contribution in [0.4, 0.5) is 17.1 Å². The Hall–Kier alpha value is -3.36. The van der Waals surface area contributed by atoms with Gasteiger partial charge in [0, 0.05) is 18.5 Å². The summed E-state index contributed by atoms with van der Waals surface area (Å²) in [5.74, 6) is -0.291. The van der Waals surface area contributed by atoms with E-state index in [2.05, 4.69) is 0 Å². The summed E-state index contributed by atoms with van der Waals surface area (Å²) in [6.07, 6.45) is -1.06. The fourth-order valence-electron chi connectivity index (χ4n) is 3.19. The lowest BCUT2D eigenvalue weighted by atomic mass is 9.97. The van der Waals surface area contributed by atoms with E-state index in [1.165, 1.54) is 20.1 Å². The molecule has 1 heterocycles. The van der Waals surface area contributed by atoms with Crippen molar-refractivity contribution in [3.63, 3.8) is 0 Å². The number of anilines is 3. The van der Waals surface area contributed by atoms with Crippen LogP contribution in [0.5, 0.6) is 5.75 Å². The van der Waals surface area contributed by atoms with Crippen LogP contribution in [0.25, 0.3) is 11.0 Å². The third-order valence-electron chi connectivity index (χ3n) is 4.82. The number of hydrogen-bond donors (Lipinski definition) is 3. The van der Waals surface area contributed by atoms with Crippen LogP contribution in [-0.4, -0.2) is 37.2 Å². The van der Waals surface area contributed by atoms with Crippen LogP contribution in [0.3, 0.4) is 0 Å². The molecule has 1 aromatic heterocycles. The van der Waals surface area contributed by atoms with Gasteiger partial charge in [0.1, 0.15) is 11.3 Å². The highest BCUT2D eigenvalue weighted by molar-refractivity contribution is 6.09. The molecule has 5 N–H and O–H groups in total. The van der Waals surface area contributed by atoms with E-state index in [-0.39, 0.29) is 17.0 Å². The van der Waals surface area contributed by atoms with Gasteiger partial charge in [0.2, 0.25) is 0 Å². The quantitative estimate of drug-likeness (QED) is 0.327. The van der Waals surface area contributed by atoms with Gasteiger partial charge in [-0.1, -0.05) is 12.1 Å². The number of nitrogens with two attached hydrogens (primary N) is 2. The van der Waals surface area contributed by atoms with Crippen molar-refractivity contribution in [1.29, 1.82) is 0 Å². The highest BCUT2D eigenvalue weighted by Gasteiger charge is 2.28. The second-order valence-corrected chi connectivity index (χ2v) is 6.71. The van der Waals surface area contributed by atoms with Crippen molar-refractivity contribution in [1.82, 2.24) is 0 Å². The van der Waals surface area contributed by atoms with Crippen LogP contribution < -0.4 is 26.7 Å². The molecule has 2 aromatic carbocycles. The molecule has 8 heteroatoms. The van der Waals surface area contributed by atoms with E-state index in [1.807, 2.05) is 12.1 Å². The summed E-state index contributed by atoms with van der Waals surface area (Å²) in [5.41, 5.74) is 13.3. The minimum absolute atomic E-state index is 0.0810. The molecule has 0 aliphatic heterocycles. The molecule has 0 unspecified atom stereocenters. The molecule has 3 aromatic rings. The number of ketones is 1. The molecule has 0 amide bonds. The maximum absolute atomic E-state index is 12.8. The predicted molar refractivity (Wildman–Crippen MR) is 112 cm³/mol. The SMILES string of the molecule is COc1ccc(N(C)c2cc(=O)oc3ccccc23)c(N)c1C(=O)[C@@H](N)[C@@H](C)O. The Morgan fingerprint density at radius 3 is 2.55 bits per heavy atom. The largest absolute Gasteiger partial charge is 0.496 e. The molecule has 0 saturated carbocycles. The van der Waals surface area contributed by atoms with Gasteiger partial charge in [-0.3, -0.25) is 4.79 Å². The van der Waals surface area contributed by atoms with E-state index >= 15 is 0 Å². The molecule has 0 saturated heterocycles. The van der Waals surface area contributed by atoms with Gasteiger partial charge in [-0.05, 0) is 31.2 Å². The number of benzene rings is 2. The average Bonchev–Trinajstić information content (AvgIpc) is 2.71. The number of hydrogen-bond acceptors (Lipinski definition) is 8. The van der Waals surface area contributed by atoms with Crippen LogP contribution in [0.2, 0.25) is 0 Å². The topological polar surface area (TPSA) is 132 Å². The van der Waals surface area contributed by atoms with Crippen LogP contribution in [0.15, 0.2) is 51.7 Å². The summed E-state index contributed by atoms with van der Waals surface area (Å²) in [4.78, 5) is 26.6. The number of ether oxygens (including phenoxy) is 1. The maximum Gasteiger partial charge on any atom is 0.338 e. The van der Waals surface area contributed by atoms with Crippen molar-refractivity contribution in [2.45, 2.75) is 19.1 Å². The van der Waals surface area contributed by atoms with E-state index in [1.54, 1.807) is 36.2 Å². The smallest absolute Gasteiger partial charge is 0.338 e. The second kappa shape index (κ2) is 7.94. The Morgan fingerprint density at radius 1 is 1.21 bits per heavy atom. The fourth-order valence-corrected chi connectivity index (χ4v) is 3.19. The standard InChI is InChI=1S/C21H23N3O5/c1-11(25)19(22)21(27)18-16(28-3)9-8-13(20(18)23)24(2)14-10-17(26)29-15-7-5-4-6-12(14)15/h4-11,19,25H,22-23H2,1-3H3/t11-,19+/m1/s1. The van der Waals surface area contributed by atoms with E-state index < -0.39 is 23.6 Å². The summed E-state index contributed by atoms with van der Waals surface area (Å²) in [5, 5.41) is 10.4. The number of para-hydroxylation sites is 1. The summed E-state index contributed by atoms with van der Waals surface area (Å²) >= 11 is 0. The van der Waals surface area contributed by atoms with Gasteiger partial charge in [0.05, 0.1) is 41.9 Å². The second-order valence-electron chi connectivity index (χ2n) is 6.71. The van der Waals surface area contributed by atoms with E-state index in [0.717, 1.165) is 0 Å². The van der Waals surface area contributed by atoms with Crippen molar-refractivity contribution >= 4 is 33.8 Å². The van der Waals surface area contributed by atoms with Gasteiger partial charge in [0.25, 0.3) is 0 Å². The molecule has 0 spiro atoms. The zero-order valence-corrected chi connectivity index (χ0v) is 16.4. The highest BCUT2D eigenvalue weighted by atomic mass is 16.5. The zero-order valence-electron chi connectivity index (χ0n) is 16.4. The van der Waals surface area contributed by atoms with Crippen molar-refractivity contribution in [3.05, 3.63) is 58.4 Å². The van der Waals surface area contributed by atoms with Crippen LogP contribution in [-0.2, 0) is 0 Å². The predicted octanol–water partition coefficient (Wildman–Crippen LogP) is 2.04. The van der Waals surface area contributed by atoms with Crippen molar-refractivity contribution in [3.8, 4) is 5.75 Å². The Morgan fingerprint density at radius 2 is 1.90 bits per heavy atom. The number of carbonyl (C=O) groups excluding carboxylic acids is 1. The number of rotatable bonds is 6. The lowest BCUT2D eigenvalue weighted by Gasteiger charge is -2.25. The monoisotopic (exact) mass is 397 g/mol. The Kier molecular flexibility index (Phi) is 5.58. The van der Waals surface area contributed by atoms with E-state index in [4.69, 9.17) is 20.6 Å². The molecular formula is C21H23N3O5. The number of nitrogens with zero attached hydrogens (tertiary/aromatic N) is 1. The van der Waals surface area contributed by atoms with Gasteiger partial charge < -0.3 is 30.6 Å². The molecule has 0 bridgehead atoms. The number of aliphatic hydroxyl groups excluding tert-OH is 1. The third kappa shape index (κ3) is 3.67. The Balaban J connectivity index is 2.19. The van der Waals surface area contributed by atoms with Gasteiger partial charge in [-0.25, -0.2) is 4.79 Å². The zero-order chi connectivity index (χ0) is 21.3. The Bertz CT molecular complexity index is 1120. The first-order valence-electron chi connectivity index (χ1n) is 8.97. The summed E-state index contributed by atoms with van der Waals surface area (Å²) in [6, 6.07) is 10.6. The average molecular weight is 397 g/mol. The number of nitrogen functional groups attached to an aromatic ring is 1. The molecular weight excluding hydrogens is 374 g/mol. The number of Topliss-reactive ketones (excluding diaryl/α,β-unsaturated/α-hetero) is 1. The van der Waals surface area contributed by atoms with Crippen LogP contribution in [0, 0.1) is 0 Å². The van der Waals surface area contributed by atoms with Crippen molar-refractivity contribution < 1.29 is 19.1 Å². The van der Waals surface area contributed by atoms with Crippen molar-refractivity contribution in [2.75, 3.05) is 24.8 Å². The lowest BCUT2D eigenvalue weighted by molar-refractivity contribution is 0.0845. The fraction of sp³-hybridized carbons (Fsp3) is 0.238. The van der Waals surface area contributed by atoms with Gasteiger partial charge in [-0.15, -0.1) is 0 Å². The first-order valence-corrected chi connectivity index (χ1v) is 8.97. The lowest BCUT2D eigenvalue weighted by Crippen LogP contribution is -2.40. The maximum atomic E-state index is 12.8. The van der Waals surface area contributed by atoms with Crippen molar-refractivity contribution in [2.24, 2.45) is 5.73 Å². The van der Waals surface area contributed by atoms with Gasteiger partial charge in [0.15, 0.2) is 5.78 Å². The molecule has 29 heavy (non-hydrogen) atoms. The summed E-state index contributed by atoms with van der Waals surface area (Å²) in [7, 11) is 3.14. The molecule has 0 fully saturated rings. The molecule has 0 aliphatic rings. The van der Waals surface area contributed by atoms with E-state index in [0.29, 0.717) is 22.3 Å². The Labute approximate surface area is 167 Å². The summed E-state index contributed by atoms with van der Waals surface area (Å²) < 4.78 is 10.5. The van der Waals surface area contributed by atoms with Gasteiger partial charge in [-0.2, -0.15) is 0 Å². The van der Waals surface area contributed by atoms with Crippen LogP contribution >= 0.6 is 0 Å². The molecule has 0 aliphatic carbocycles. The van der Waals surface area contributed by atoms with E-state index in [9.17, 15) is 14.7 Å².